The smallest absolute Gasteiger partial charge is 0.270 e. The van der Waals surface area contributed by atoms with E-state index in [9.17, 15) is 9.59 Å². The Labute approximate surface area is 142 Å². The summed E-state index contributed by atoms with van der Waals surface area (Å²) in [5, 5.41) is 3.02. The Bertz CT molecular complexity index is 706. The van der Waals surface area contributed by atoms with Gasteiger partial charge in [-0.1, -0.05) is 45.0 Å². The van der Waals surface area contributed by atoms with Crippen molar-refractivity contribution in [3.05, 3.63) is 65.0 Å². The van der Waals surface area contributed by atoms with E-state index in [1.807, 2.05) is 12.1 Å². The molecule has 0 bridgehead atoms. The number of hydrogen-bond donors (Lipinski definition) is 2. The monoisotopic (exact) mass is 325 g/mol. The Hall–Kier alpha value is -2.69. The Morgan fingerprint density at radius 1 is 1.12 bits per heavy atom. The molecule has 1 heterocycles. The number of aryl methyl sites for hydroxylation is 1. The highest BCUT2D eigenvalue weighted by Gasteiger charge is 2.20. The third kappa shape index (κ3) is 4.19. The number of benzene rings is 1. The molecule has 5 heteroatoms. The number of rotatable bonds is 6. The molecule has 24 heavy (non-hydrogen) atoms. The van der Waals surface area contributed by atoms with Crippen molar-refractivity contribution in [1.82, 2.24) is 10.3 Å². The minimum absolute atomic E-state index is 0.110. The summed E-state index contributed by atoms with van der Waals surface area (Å²) < 4.78 is 0. The average molecular weight is 325 g/mol. The van der Waals surface area contributed by atoms with Gasteiger partial charge in [0.2, 0.25) is 5.91 Å². The first-order chi connectivity index (χ1) is 11.4. The fourth-order valence-electron chi connectivity index (χ4n) is 2.48. The van der Waals surface area contributed by atoms with Crippen molar-refractivity contribution in [2.24, 2.45) is 11.7 Å². The molecule has 2 amide bonds. The van der Waals surface area contributed by atoms with Crippen LogP contribution in [-0.4, -0.2) is 16.8 Å². The van der Waals surface area contributed by atoms with E-state index in [1.165, 1.54) is 23.9 Å². The quantitative estimate of drug-likeness (QED) is 0.856. The summed E-state index contributed by atoms with van der Waals surface area (Å²) in [5.41, 5.74) is 8.04. The molecule has 2 aromatic rings. The van der Waals surface area contributed by atoms with Gasteiger partial charge in [0.05, 0.1) is 11.6 Å². The van der Waals surface area contributed by atoms with E-state index in [4.69, 9.17) is 5.73 Å². The number of amides is 2. The summed E-state index contributed by atoms with van der Waals surface area (Å²) in [6.07, 6.45) is 2.30. The van der Waals surface area contributed by atoms with Crippen LogP contribution in [0.5, 0.6) is 0 Å². The Morgan fingerprint density at radius 2 is 1.79 bits per heavy atom. The van der Waals surface area contributed by atoms with E-state index in [0.29, 0.717) is 0 Å². The zero-order valence-corrected chi connectivity index (χ0v) is 14.2. The maximum absolute atomic E-state index is 12.4. The number of nitrogens with two attached hydrogens (primary N) is 1. The van der Waals surface area contributed by atoms with Crippen molar-refractivity contribution < 1.29 is 9.59 Å². The van der Waals surface area contributed by atoms with Crippen LogP contribution in [0.4, 0.5) is 0 Å². The predicted molar refractivity (Wildman–Crippen MR) is 93.6 cm³/mol. The van der Waals surface area contributed by atoms with Crippen LogP contribution >= 0.6 is 0 Å². The second-order valence-corrected chi connectivity index (χ2v) is 6.09. The lowest BCUT2D eigenvalue weighted by molar-refractivity contribution is 0.0918. The number of carbonyl (C=O) groups excluding carboxylic acids is 2. The number of aromatic nitrogens is 1. The van der Waals surface area contributed by atoms with E-state index in [2.05, 4.69) is 43.2 Å². The molecular weight excluding hydrogens is 302 g/mol. The maximum Gasteiger partial charge on any atom is 0.270 e. The summed E-state index contributed by atoms with van der Waals surface area (Å²) in [5.74, 6) is -0.610. The number of nitrogens with zero attached hydrogens (tertiary/aromatic N) is 1. The first-order valence-electron chi connectivity index (χ1n) is 8.08. The molecule has 0 saturated carbocycles. The topological polar surface area (TPSA) is 85.1 Å². The van der Waals surface area contributed by atoms with Gasteiger partial charge in [-0.05, 0) is 35.6 Å². The molecule has 0 spiro atoms. The fourth-order valence-corrected chi connectivity index (χ4v) is 2.48. The summed E-state index contributed by atoms with van der Waals surface area (Å²) in [6, 6.07) is 11.2. The molecule has 0 fully saturated rings. The summed E-state index contributed by atoms with van der Waals surface area (Å²) in [4.78, 5) is 27.5. The summed E-state index contributed by atoms with van der Waals surface area (Å²) >= 11 is 0. The van der Waals surface area contributed by atoms with E-state index in [0.717, 1.165) is 12.0 Å². The molecule has 1 atom stereocenters. The normalized spacial score (nSPS) is 12.0. The lowest BCUT2D eigenvalue weighted by Crippen LogP contribution is -2.32. The third-order valence-electron chi connectivity index (χ3n) is 3.98. The SMILES string of the molecule is CCc1ccc(C(NC(=O)c2ccc(C(N)=O)cn2)C(C)C)cc1. The van der Waals surface area contributed by atoms with Gasteiger partial charge in [0, 0.05) is 6.20 Å². The number of hydrogen-bond acceptors (Lipinski definition) is 3. The van der Waals surface area contributed by atoms with Crippen molar-refractivity contribution in [2.45, 2.75) is 33.2 Å². The molecule has 0 aliphatic carbocycles. The first-order valence-corrected chi connectivity index (χ1v) is 8.08. The van der Waals surface area contributed by atoms with Crippen LogP contribution in [0, 0.1) is 5.92 Å². The second kappa shape index (κ2) is 7.73. The minimum atomic E-state index is -0.564. The van der Waals surface area contributed by atoms with Crippen LogP contribution in [-0.2, 0) is 6.42 Å². The van der Waals surface area contributed by atoms with Gasteiger partial charge < -0.3 is 11.1 Å². The highest BCUT2D eigenvalue weighted by molar-refractivity contribution is 5.95. The van der Waals surface area contributed by atoms with E-state index >= 15 is 0 Å². The van der Waals surface area contributed by atoms with Crippen molar-refractivity contribution in [1.29, 1.82) is 0 Å². The second-order valence-electron chi connectivity index (χ2n) is 6.09. The van der Waals surface area contributed by atoms with Gasteiger partial charge in [0.1, 0.15) is 5.69 Å². The molecule has 3 N–H and O–H groups in total. The van der Waals surface area contributed by atoms with Gasteiger partial charge in [-0.3, -0.25) is 14.6 Å². The molecule has 5 nitrogen and oxygen atoms in total. The lowest BCUT2D eigenvalue weighted by Gasteiger charge is -2.23. The molecule has 1 aromatic carbocycles. The Balaban J connectivity index is 2.17. The molecule has 0 aliphatic heterocycles. The lowest BCUT2D eigenvalue weighted by atomic mass is 9.94. The summed E-state index contributed by atoms with van der Waals surface area (Å²) in [6.45, 7) is 6.22. The molecule has 0 saturated heterocycles. The minimum Gasteiger partial charge on any atom is -0.366 e. The van der Waals surface area contributed by atoms with Gasteiger partial charge in [-0.25, -0.2) is 0 Å². The van der Waals surface area contributed by atoms with Gasteiger partial charge >= 0.3 is 0 Å². The van der Waals surface area contributed by atoms with Gasteiger partial charge in [0.15, 0.2) is 0 Å². The fraction of sp³-hybridized carbons (Fsp3) is 0.316. The highest BCUT2D eigenvalue weighted by atomic mass is 16.2. The van der Waals surface area contributed by atoms with Crippen molar-refractivity contribution >= 4 is 11.8 Å². The highest BCUT2D eigenvalue weighted by Crippen LogP contribution is 2.22. The van der Waals surface area contributed by atoms with E-state index in [1.54, 1.807) is 0 Å². The Kier molecular flexibility index (Phi) is 5.68. The average Bonchev–Trinajstić information content (AvgIpc) is 2.59. The van der Waals surface area contributed by atoms with Gasteiger partial charge in [0.25, 0.3) is 5.91 Å². The zero-order chi connectivity index (χ0) is 17.7. The largest absolute Gasteiger partial charge is 0.366 e. The molecule has 2 rings (SSSR count). The first kappa shape index (κ1) is 17.7. The predicted octanol–water partition coefficient (Wildman–Crippen LogP) is 2.87. The van der Waals surface area contributed by atoms with E-state index < -0.39 is 5.91 Å². The molecule has 1 aromatic heterocycles. The van der Waals surface area contributed by atoms with Crippen LogP contribution in [0.1, 0.15) is 58.8 Å². The van der Waals surface area contributed by atoms with Crippen LogP contribution in [0.25, 0.3) is 0 Å². The number of carbonyl (C=O) groups is 2. The molecular formula is C19H23N3O2. The van der Waals surface area contributed by atoms with Crippen molar-refractivity contribution in [3.8, 4) is 0 Å². The standard InChI is InChI=1S/C19H23N3O2/c1-4-13-5-7-14(8-6-13)17(12(2)3)22-19(24)16-10-9-15(11-21-16)18(20)23/h5-12,17H,4H2,1-3H3,(H2,20,23)(H,22,24). The third-order valence-corrected chi connectivity index (χ3v) is 3.98. The van der Waals surface area contributed by atoms with Crippen LogP contribution in [0.2, 0.25) is 0 Å². The van der Waals surface area contributed by atoms with Gasteiger partial charge in [-0.15, -0.1) is 0 Å². The number of primary amides is 1. The molecule has 0 aliphatic rings. The van der Waals surface area contributed by atoms with Crippen molar-refractivity contribution in [3.63, 3.8) is 0 Å². The molecule has 1 unspecified atom stereocenters. The number of nitrogens with one attached hydrogen (secondary N) is 1. The Morgan fingerprint density at radius 3 is 2.25 bits per heavy atom. The zero-order valence-electron chi connectivity index (χ0n) is 14.2. The van der Waals surface area contributed by atoms with Crippen LogP contribution in [0.15, 0.2) is 42.6 Å². The maximum atomic E-state index is 12.4. The number of pyridine rings is 1. The summed E-state index contributed by atoms with van der Waals surface area (Å²) in [7, 11) is 0. The molecule has 126 valence electrons. The van der Waals surface area contributed by atoms with Crippen LogP contribution < -0.4 is 11.1 Å². The molecule has 0 radical (unpaired) electrons. The van der Waals surface area contributed by atoms with E-state index in [-0.39, 0.29) is 29.1 Å². The van der Waals surface area contributed by atoms with Gasteiger partial charge in [-0.2, -0.15) is 0 Å². The van der Waals surface area contributed by atoms with Crippen LogP contribution in [0.3, 0.4) is 0 Å². The van der Waals surface area contributed by atoms with Crippen molar-refractivity contribution in [2.75, 3.05) is 0 Å².